The fraction of sp³-hybridized carbons (Fsp3) is 0.250. The Bertz CT molecular complexity index is 1020. The number of carbonyl (C=O) groups is 3. The highest BCUT2D eigenvalue weighted by atomic mass is 16.6. The van der Waals surface area contributed by atoms with Crippen LogP contribution in [0.1, 0.15) is 34.1 Å². The van der Waals surface area contributed by atoms with Gasteiger partial charge in [-0.1, -0.05) is 19.1 Å². The average Bonchev–Trinajstić information content (AvgIpc) is 2.97. The van der Waals surface area contributed by atoms with Gasteiger partial charge in [-0.05, 0) is 24.6 Å². The van der Waals surface area contributed by atoms with Gasteiger partial charge in [-0.3, -0.25) is 29.4 Å². The number of amides is 3. The van der Waals surface area contributed by atoms with Crippen LogP contribution in [0, 0.1) is 10.1 Å². The number of non-ortho nitro benzene ring substituents is 1. The zero-order valence-electron chi connectivity index (χ0n) is 15.5. The molecule has 148 valence electrons. The molecule has 29 heavy (non-hydrogen) atoms. The Hall–Kier alpha value is -3.75. The third-order valence-electron chi connectivity index (χ3n) is 5.05. The Morgan fingerprint density at radius 2 is 1.62 bits per heavy atom. The summed E-state index contributed by atoms with van der Waals surface area (Å²) in [5.41, 5.74) is 0.730. The normalized spacial score (nSPS) is 17.8. The van der Waals surface area contributed by atoms with Gasteiger partial charge in [0, 0.05) is 25.2 Å². The minimum atomic E-state index is -0.730. The van der Waals surface area contributed by atoms with Crippen molar-refractivity contribution in [1.29, 1.82) is 0 Å². The first-order valence-electron chi connectivity index (χ1n) is 9.14. The summed E-state index contributed by atoms with van der Waals surface area (Å²) in [6.45, 7) is 1.77. The Morgan fingerprint density at radius 1 is 1.00 bits per heavy atom. The number of ether oxygens (including phenoxy) is 1. The monoisotopic (exact) mass is 395 g/mol. The van der Waals surface area contributed by atoms with E-state index in [1.165, 1.54) is 23.1 Å². The molecule has 1 atom stereocenters. The fourth-order valence-corrected chi connectivity index (χ4v) is 3.56. The molecule has 2 heterocycles. The first-order chi connectivity index (χ1) is 13.9. The lowest BCUT2D eigenvalue weighted by Gasteiger charge is -2.34. The molecule has 0 saturated heterocycles. The predicted octanol–water partition coefficient (Wildman–Crippen LogP) is 2.40. The molecule has 2 aliphatic rings. The van der Waals surface area contributed by atoms with Crippen LogP contribution in [0.15, 0.2) is 42.5 Å². The second kappa shape index (κ2) is 7.01. The first kappa shape index (κ1) is 18.6. The van der Waals surface area contributed by atoms with Crippen molar-refractivity contribution in [1.82, 2.24) is 4.90 Å². The van der Waals surface area contributed by atoms with Crippen LogP contribution in [0.3, 0.4) is 0 Å². The van der Waals surface area contributed by atoms with E-state index in [4.69, 9.17) is 4.74 Å². The second-order valence-corrected chi connectivity index (χ2v) is 6.72. The topological polar surface area (TPSA) is 110 Å². The minimum Gasteiger partial charge on any atom is -0.478 e. The van der Waals surface area contributed by atoms with Crippen molar-refractivity contribution in [2.45, 2.75) is 19.4 Å². The smallest absolute Gasteiger partial charge is 0.271 e. The number of hydrogen-bond acceptors (Lipinski definition) is 6. The summed E-state index contributed by atoms with van der Waals surface area (Å²) >= 11 is 0. The molecule has 0 bridgehead atoms. The summed E-state index contributed by atoms with van der Waals surface area (Å²) in [6, 6.07) is 10.6. The number of carbonyl (C=O) groups excluding carboxylic acids is 3. The summed E-state index contributed by atoms with van der Waals surface area (Å²) in [4.78, 5) is 51.0. The van der Waals surface area contributed by atoms with E-state index in [9.17, 15) is 24.5 Å². The molecular weight excluding hydrogens is 378 g/mol. The van der Waals surface area contributed by atoms with Crippen molar-refractivity contribution < 1.29 is 24.0 Å². The van der Waals surface area contributed by atoms with Crippen LogP contribution in [0.2, 0.25) is 0 Å². The molecule has 0 N–H and O–H groups in total. The summed E-state index contributed by atoms with van der Waals surface area (Å²) in [5.74, 6) is -0.850. The lowest BCUT2D eigenvalue weighted by atomic mass is 10.1. The number of nitrogens with zero attached hydrogens (tertiary/aromatic N) is 3. The molecular formula is C20H17N3O6. The van der Waals surface area contributed by atoms with E-state index >= 15 is 0 Å². The molecule has 0 saturated carbocycles. The number of benzene rings is 2. The third-order valence-corrected chi connectivity index (χ3v) is 5.05. The van der Waals surface area contributed by atoms with Gasteiger partial charge in [0.25, 0.3) is 23.4 Å². The maximum Gasteiger partial charge on any atom is 0.271 e. The van der Waals surface area contributed by atoms with E-state index in [1.54, 1.807) is 31.2 Å². The van der Waals surface area contributed by atoms with Gasteiger partial charge >= 0.3 is 0 Å². The van der Waals surface area contributed by atoms with Gasteiger partial charge in [-0.2, -0.15) is 0 Å². The number of imide groups is 1. The van der Waals surface area contributed by atoms with Gasteiger partial charge in [-0.25, -0.2) is 0 Å². The van der Waals surface area contributed by atoms with Crippen LogP contribution in [-0.4, -0.2) is 46.7 Å². The highest BCUT2D eigenvalue weighted by molar-refractivity contribution is 6.21. The van der Waals surface area contributed by atoms with E-state index in [0.717, 1.165) is 4.90 Å². The molecule has 2 aromatic carbocycles. The molecule has 0 spiro atoms. The average molecular weight is 395 g/mol. The number of nitro benzene ring substituents is 1. The SMILES string of the molecule is CCC1Oc2ccc([N+](=O)[O-])cc2N(CCN2C(=O)c3ccccc3C2=O)C1=O. The van der Waals surface area contributed by atoms with E-state index < -0.39 is 22.8 Å². The van der Waals surface area contributed by atoms with Gasteiger partial charge in [0.1, 0.15) is 5.75 Å². The van der Waals surface area contributed by atoms with Crippen LogP contribution in [0.4, 0.5) is 11.4 Å². The molecule has 0 aliphatic carbocycles. The lowest BCUT2D eigenvalue weighted by Crippen LogP contribution is -2.49. The molecule has 0 fully saturated rings. The molecule has 0 aromatic heterocycles. The van der Waals surface area contributed by atoms with E-state index in [0.29, 0.717) is 23.3 Å². The van der Waals surface area contributed by atoms with Crippen LogP contribution < -0.4 is 9.64 Å². The van der Waals surface area contributed by atoms with Crippen LogP contribution in [-0.2, 0) is 4.79 Å². The molecule has 9 heteroatoms. The number of hydrogen-bond donors (Lipinski definition) is 0. The second-order valence-electron chi connectivity index (χ2n) is 6.72. The molecule has 9 nitrogen and oxygen atoms in total. The quantitative estimate of drug-likeness (QED) is 0.437. The maximum atomic E-state index is 12.8. The van der Waals surface area contributed by atoms with Crippen molar-refractivity contribution in [2.75, 3.05) is 18.0 Å². The summed E-state index contributed by atoms with van der Waals surface area (Å²) in [7, 11) is 0. The standard InChI is InChI=1S/C20H17N3O6/c1-2-16-20(26)21(15-11-12(23(27)28)7-8-17(15)29-16)9-10-22-18(24)13-5-3-4-6-14(13)19(22)25/h3-8,11,16H,2,9-10H2,1H3. The van der Waals surface area contributed by atoms with Crippen molar-refractivity contribution in [3.63, 3.8) is 0 Å². The Labute approximate surface area is 165 Å². The van der Waals surface area contributed by atoms with E-state index in [-0.39, 0.29) is 30.4 Å². The molecule has 2 aliphatic heterocycles. The van der Waals surface area contributed by atoms with Gasteiger partial charge in [0.15, 0.2) is 6.10 Å². The van der Waals surface area contributed by atoms with Gasteiger partial charge in [0.05, 0.1) is 21.7 Å². The zero-order valence-corrected chi connectivity index (χ0v) is 15.5. The fourth-order valence-electron chi connectivity index (χ4n) is 3.56. The van der Waals surface area contributed by atoms with Crippen LogP contribution in [0.5, 0.6) is 5.75 Å². The number of rotatable bonds is 5. The van der Waals surface area contributed by atoms with Gasteiger partial charge < -0.3 is 9.64 Å². The number of fused-ring (bicyclic) bond motifs is 2. The summed E-state index contributed by atoms with van der Waals surface area (Å²) in [5, 5.41) is 11.1. The van der Waals surface area contributed by atoms with Crippen LogP contribution in [0.25, 0.3) is 0 Å². The highest BCUT2D eigenvalue weighted by Gasteiger charge is 2.38. The Morgan fingerprint density at radius 3 is 2.21 bits per heavy atom. The molecule has 3 amide bonds. The van der Waals surface area contributed by atoms with E-state index in [2.05, 4.69) is 0 Å². The molecule has 1 unspecified atom stereocenters. The number of nitro groups is 1. The van der Waals surface area contributed by atoms with Crippen molar-refractivity contribution in [3.05, 3.63) is 63.7 Å². The Balaban J connectivity index is 1.62. The van der Waals surface area contributed by atoms with Crippen molar-refractivity contribution in [2.24, 2.45) is 0 Å². The summed E-state index contributed by atoms with van der Waals surface area (Å²) < 4.78 is 5.66. The number of anilines is 1. The molecule has 0 radical (unpaired) electrons. The largest absolute Gasteiger partial charge is 0.478 e. The molecule has 2 aromatic rings. The zero-order chi connectivity index (χ0) is 20.7. The highest BCUT2D eigenvalue weighted by Crippen LogP contribution is 2.37. The lowest BCUT2D eigenvalue weighted by molar-refractivity contribution is -0.384. The van der Waals surface area contributed by atoms with Crippen molar-refractivity contribution >= 4 is 29.1 Å². The predicted molar refractivity (Wildman–Crippen MR) is 102 cm³/mol. The summed E-state index contributed by atoms with van der Waals surface area (Å²) in [6.07, 6.45) is -0.315. The maximum absolute atomic E-state index is 12.8. The molecule has 4 rings (SSSR count). The Kier molecular flexibility index (Phi) is 4.50. The van der Waals surface area contributed by atoms with Gasteiger partial charge in [-0.15, -0.1) is 0 Å². The van der Waals surface area contributed by atoms with Crippen molar-refractivity contribution in [3.8, 4) is 5.75 Å². The first-order valence-corrected chi connectivity index (χ1v) is 9.14. The van der Waals surface area contributed by atoms with Crippen LogP contribution >= 0.6 is 0 Å². The van der Waals surface area contributed by atoms with E-state index in [1.807, 2.05) is 0 Å². The third kappa shape index (κ3) is 3.00. The minimum absolute atomic E-state index is 0.0122. The van der Waals surface area contributed by atoms with Gasteiger partial charge in [0.2, 0.25) is 0 Å².